The molecule has 0 radical (unpaired) electrons. The van der Waals surface area contributed by atoms with Gasteiger partial charge in [-0.1, -0.05) is 23.9 Å². The largest absolute Gasteiger partial charge is 0.383 e. The van der Waals surface area contributed by atoms with Crippen LogP contribution in [0.2, 0.25) is 0 Å². The fourth-order valence-electron chi connectivity index (χ4n) is 1.30. The zero-order valence-corrected chi connectivity index (χ0v) is 9.56. The van der Waals surface area contributed by atoms with Crippen LogP contribution in [0.5, 0.6) is 0 Å². The minimum Gasteiger partial charge on any atom is -0.383 e. The van der Waals surface area contributed by atoms with Crippen molar-refractivity contribution < 1.29 is 0 Å². The predicted molar refractivity (Wildman–Crippen MR) is 63.0 cm³/mol. The Hall–Kier alpha value is -1.42. The van der Waals surface area contributed by atoms with E-state index in [0.29, 0.717) is 5.82 Å². The number of nitrogens with one attached hydrogen (secondary N) is 1. The summed E-state index contributed by atoms with van der Waals surface area (Å²) in [6.07, 6.45) is 1.75. The lowest BCUT2D eigenvalue weighted by Crippen LogP contribution is -1.87. The molecule has 0 fully saturated rings. The Morgan fingerprint density at radius 2 is 2.07 bits per heavy atom. The SMILES string of the molecule is Cc1ccc(C)c(Sc2cn[nH]c2N)c1. The number of rotatable bonds is 2. The van der Waals surface area contributed by atoms with Crippen LogP contribution in [0, 0.1) is 13.8 Å². The molecule has 1 heterocycles. The molecular weight excluding hydrogens is 206 g/mol. The Kier molecular flexibility index (Phi) is 2.68. The summed E-state index contributed by atoms with van der Waals surface area (Å²) in [6, 6.07) is 6.39. The van der Waals surface area contributed by atoms with Gasteiger partial charge in [-0.25, -0.2) is 0 Å². The summed E-state index contributed by atoms with van der Waals surface area (Å²) in [5.74, 6) is 0.626. The Labute approximate surface area is 93.1 Å². The van der Waals surface area contributed by atoms with Crippen LogP contribution in [-0.4, -0.2) is 10.2 Å². The van der Waals surface area contributed by atoms with Gasteiger partial charge >= 0.3 is 0 Å². The van der Waals surface area contributed by atoms with E-state index in [1.165, 1.54) is 16.0 Å². The normalized spacial score (nSPS) is 10.5. The molecule has 0 unspecified atom stereocenters. The van der Waals surface area contributed by atoms with Crippen molar-refractivity contribution in [2.45, 2.75) is 23.6 Å². The van der Waals surface area contributed by atoms with Crippen molar-refractivity contribution in [3.8, 4) is 0 Å². The Morgan fingerprint density at radius 3 is 2.73 bits per heavy atom. The molecule has 0 saturated carbocycles. The summed E-state index contributed by atoms with van der Waals surface area (Å²) in [5.41, 5.74) is 8.25. The van der Waals surface area contributed by atoms with E-state index in [-0.39, 0.29) is 0 Å². The summed E-state index contributed by atoms with van der Waals surface area (Å²) in [6.45, 7) is 4.18. The highest BCUT2D eigenvalue weighted by Crippen LogP contribution is 2.33. The van der Waals surface area contributed by atoms with Crippen molar-refractivity contribution in [2.24, 2.45) is 0 Å². The first-order valence-corrected chi connectivity index (χ1v) is 5.52. The molecule has 3 nitrogen and oxygen atoms in total. The number of H-pyrrole nitrogens is 1. The highest BCUT2D eigenvalue weighted by molar-refractivity contribution is 7.99. The van der Waals surface area contributed by atoms with E-state index in [9.17, 15) is 0 Å². The van der Waals surface area contributed by atoms with Crippen molar-refractivity contribution in [2.75, 3.05) is 5.73 Å². The summed E-state index contributed by atoms with van der Waals surface area (Å²) >= 11 is 1.64. The smallest absolute Gasteiger partial charge is 0.133 e. The highest BCUT2D eigenvalue weighted by atomic mass is 32.2. The second-order valence-corrected chi connectivity index (χ2v) is 4.60. The third-order valence-electron chi connectivity index (χ3n) is 2.20. The summed E-state index contributed by atoms with van der Waals surface area (Å²) in [7, 11) is 0. The van der Waals surface area contributed by atoms with Gasteiger partial charge in [-0.2, -0.15) is 5.10 Å². The molecule has 2 aromatic rings. The zero-order valence-electron chi connectivity index (χ0n) is 8.74. The number of anilines is 1. The molecule has 78 valence electrons. The van der Waals surface area contributed by atoms with Gasteiger partial charge in [0.05, 0.1) is 11.1 Å². The molecule has 0 aliphatic rings. The van der Waals surface area contributed by atoms with Crippen LogP contribution in [0.15, 0.2) is 34.2 Å². The predicted octanol–water partition coefficient (Wildman–Crippen LogP) is 2.76. The monoisotopic (exact) mass is 219 g/mol. The molecule has 3 N–H and O–H groups in total. The number of nitrogens with zero attached hydrogens (tertiary/aromatic N) is 1. The molecule has 0 spiro atoms. The molecule has 4 heteroatoms. The number of hydrogen-bond donors (Lipinski definition) is 2. The minimum atomic E-state index is 0.626. The molecule has 0 atom stereocenters. The zero-order chi connectivity index (χ0) is 10.8. The number of aromatic nitrogens is 2. The summed E-state index contributed by atoms with van der Waals surface area (Å²) < 4.78 is 0. The van der Waals surface area contributed by atoms with Crippen LogP contribution in [0.4, 0.5) is 5.82 Å². The van der Waals surface area contributed by atoms with Crippen LogP contribution >= 0.6 is 11.8 Å². The van der Waals surface area contributed by atoms with Crippen molar-refractivity contribution in [1.29, 1.82) is 0 Å². The first kappa shape index (κ1) is 10.1. The summed E-state index contributed by atoms with van der Waals surface area (Å²) in [4.78, 5) is 2.20. The molecule has 0 aliphatic carbocycles. The van der Waals surface area contributed by atoms with Gasteiger partial charge in [0.25, 0.3) is 0 Å². The molecule has 0 saturated heterocycles. The maximum atomic E-state index is 5.74. The maximum absolute atomic E-state index is 5.74. The lowest BCUT2D eigenvalue weighted by molar-refractivity contribution is 1.10. The average Bonchev–Trinajstić information content (AvgIpc) is 2.58. The van der Waals surface area contributed by atoms with E-state index in [0.717, 1.165) is 4.90 Å². The van der Waals surface area contributed by atoms with Crippen molar-refractivity contribution in [3.05, 3.63) is 35.5 Å². The standard InChI is InChI=1S/C11H13N3S/c1-7-3-4-8(2)9(5-7)15-10-6-13-14-11(10)12/h3-6H,1-2H3,(H3,12,13,14). The van der Waals surface area contributed by atoms with Crippen molar-refractivity contribution in [1.82, 2.24) is 10.2 Å². The van der Waals surface area contributed by atoms with Gasteiger partial charge in [0.2, 0.25) is 0 Å². The molecule has 15 heavy (non-hydrogen) atoms. The first-order valence-electron chi connectivity index (χ1n) is 4.71. The second-order valence-electron chi connectivity index (χ2n) is 3.52. The van der Waals surface area contributed by atoms with Crippen LogP contribution in [0.25, 0.3) is 0 Å². The second kappa shape index (κ2) is 3.98. The fraction of sp³-hybridized carbons (Fsp3) is 0.182. The molecule has 0 aliphatic heterocycles. The van der Waals surface area contributed by atoms with Crippen molar-refractivity contribution in [3.63, 3.8) is 0 Å². The quantitative estimate of drug-likeness (QED) is 0.816. The highest BCUT2D eigenvalue weighted by Gasteiger charge is 2.05. The Balaban J connectivity index is 2.32. The summed E-state index contributed by atoms with van der Waals surface area (Å²) in [5, 5.41) is 6.63. The molecule has 2 rings (SSSR count). The van der Waals surface area contributed by atoms with Crippen LogP contribution < -0.4 is 5.73 Å². The molecule has 1 aromatic carbocycles. The van der Waals surface area contributed by atoms with Gasteiger partial charge in [0.1, 0.15) is 5.82 Å². The van der Waals surface area contributed by atoms with Gasteiger partial charge in [-0.3, -0.25) is 5.10 Å². The van der Waals surface area contributed by atoms with Gasteiger partial charge in [-0.05, 0) is 31.0 Å². The third kappa shape index (κ3) is 2.15. The lowest BCUT2D eigenvalue weighted by atomic mass is 10.2. The maximum Gasteiger partial charge on any atom is 0.133 e. The number of aromatic amines is 1. The van der Waals surface area contributed by atoms with E-state index in [1.54, 1.807) is 18.0 Å². The Morgan fingerprint density at radius 1 is 1.27 bits per heavy atom. The first-order chi connectivity index (χ1) is 7.16. The average molecular weight is 219 g/mol. The van der Waals surface area contributed by atoms with Crippen LogP contribution in [0.3, 0.4) is 0 Å². The number of nitrogen functional groups attached to an aromatic ring is 1. The molecule has 0 bridgehead atoms. The fourth-order valence-corrected chi connectivity index (χ4v) is 2.27. The topological polar surface area (TPSA) is 54.7 Å². The lowest BCUT2D eigenvalue weighted by Gasteiger charge is -2.05. The van der Waals surface area contributed by atoms with E-state index in [2.05, 4.69) is 42.2 Å². The number of aryl methyl sites for hydroxylation is 2. The van der Waals surface area contributed by atoms with Crippen LogP contribution in [0.1, 0.15) is 11.1 Å². The van der Waals surface area contributed by atoms with Crippen LogP contribution in [-0.2, 0) is 0 Å². The van der Waals surface area contributed by atoms with Gasteiger partial charge in [0, 0.05) is 4.90 Å². The van der Waals surface area contributed by atoms with E-state index < -0.39 is 0 Å². The third-order valence-corrected chi connectivity index (χ3v) is 3.40. The van der Waals surface area contributed by atoms with E-state index >= 15 is 0 Å². The molecule has 1 aromatic heterocycles. The number of benzene rings is 1. The Bertz CT molecular complexity index is 476. The number of hydrogen-bond acceptors (Lipinski definition) is 3. The van der Waals surface area contributed by atoms with Gasteiger partial charge in [-0.15, -0.1) is 0 Å². The van der Waals surface area contributed by atoms with Crippen molar-refractivity contribution >= 4 is 17.6 Å². The molecule has 0 amide bonds. The number of nitrogens with two attached hydrogens (primary N) is 1. The van der Waals surface area contributed by atoms with E-state index in [1.807, 2.05) is 0 Å². The molecular formula is C11H13N3S. The minimum absolute atomic E-state index is 0.626. The van der Waals surface area contributed by atoms with Gasteiger partial charge in [0.15, 0.2) is 0 Å². The van der Waals surface area contributed by atoms with E-state index in [4.69, 9.17) is 5.73 Å². The van der Waals surface area contributed by atoms with Gasteiger partial charge < -0.3 is 5.73 Å².